The summed E-state index contributed by atoms with van der Waals surface area (Å²) in [5.41, 5.74) is -0.367. The molecule has 0 unspecified atom stereocenters. The summed E-state index contributed by atoms with van der Waals surface area (Å²) in [5.74, 6) is -2.66. The van der Waals surface area contributed by atoms with Crippen molar-refractivity contribution in [3.63, 3.8) is 0 Å². The molecular formula is C10H6F4N2O2. The van der Waals surface area contributed by atoms with Crippen LogP contribution in [0.2, 0.25) is 0 Å². The summed E-state index contributed by atoms with van der Waals surface area (Å²) in [5, 5.41) is 10.2. The zero-order valence-electron chi connectivity index (χ0n) is 8.71. The third-order valence-corrected chi connectivity index (χ3v) is 1.68. The smallest absolute Gasteiger partial charge is 0.403 e. The number of carbonyl (C=O) groups is 1. The van der Waals surface area contributed by atoms with Gasteiger partial charge in [-0.3, -0.25) is 4.79 Å². The Morgan fingerprint density at radius 3 is 2.67 bits per heavy atom. The first-order chi connectivity index (χ1) is 8.31. The van der Waals surface area contributed by atoms with E-state index in [1.165, 1.54) is 6.07 Å². The largest absolute Gasteiger partial charge is 0.573 e. The Bertz CT molecular complexity index is 494. The van der Waals surface area contributed by atoms with Crippen molar-refractivity contribution in [3.8, 4) is 11.8 Å². The Kier molecular flexibility index (Phi) is 4.09. The van der Waals surface area contributed by atoms with Crippen molar-refractivity contribution in [3.05, 3.63) is 24.0 Å². The Balaban J connectivity index is 2.97. The van der Waals surface area contributed by atoms with Gasteiger partial charge in [-0.05, 0) is 12.1 Å². The highest BCUT2D eigenvalue weighted by molar-refractivity contribution is 5.93. The monoisotopic (exact) mass is 262 g/mol. The average molecular weight is 262 g/mol. The quantitative estimate of drug-likeness (QED) is 0.851. The number of carbonyl (C=O) groups excluding carboxylic acids is 1. The number of ether oxygens (including phenoxy) is 1. The van der Waals surface area contributed by atoms with E-state index in [4.69, 9.17) is 5.26 Å². The highest BCUT2D eigenvalue weighted by atomic mass is 19.4. The number of hydrogen-bond donors (Lipinski definition) is 1. The first-order valence-corrected chi connectivity index (χ1v) is 4.54. The molecule has 0 radical (unpaired) electrons. The number of amides is 1. The maximum absolute atomic E-state index is 12.8. The van der Waals surface area contributed by atoms with Crippen molar-refractivity contribution in [2.45, 2.75) is 12.8 Å². The SMILES string of the molecule is N#CCC(=O)Nc1ccc(F)cc1OC(F)(F)F. The van der Waals surface area contributed by atoms with Gasteiger partial charge < -0.3 is 10.1 Å². The van der Waals surface area contributed by atoms with Gasteiger partial charge in [0, 0.05) is 6.07 Å². The van der Waals surface area contributed by atoms with Crippen LogP contribution in [0.25, 0.3) is 0 Å². The van der Waals surface area contributed by atoms with Gasteiger partial charge in [0.1, 0.15) is 12.2 Å². The van der Waals surface area contributed by atoms with E-state index in [9.17, 15) is 22.4 Å². The maximum atomic E-state index is 12.8. The van der Waals surface area contributed by atoms with Crippen LogP contribution in [0.5, 0.6) is 5.75 Å². The number of hydrogen-bond acceptors (Lipinski definition) is 3. The van der Waals surface area contributed by atoms with Gasteiger partial charge in [0.2, 0.25) is 5.91 Å². The molecule has 1 aromatic carbocycles. The Morgan fingerprint density at radius 1 is 1.44 bits per heavy atom. The van der Waals surface area contributed by atoms with Crippen molar-refractivity contribution in [2.24, 2.45) is 0 Å². The molecule has 0 heterocycles. The number of nitriles is 1. The first kappa shape index (κ1) is 13.8. The van der Waals surface area contributed by atoms with E-state index in [2.05, 4.69) is 4.74 Å². The zero-order valence-corrected chi connectivity index (χ0v) is 8.71. The molecule has 0 aliphatic carbocycles. The number of halogens is 4. The van der Waals surface area contributed by atoms with Crippen molar-refractivity contribution < 1.29 is 27.1 Å². The second-order valence-electron chi connectivity index (χ2n) is 3.07. The lowest BCUT2D eigenvalue weighted by Gasteiger charge is -2.13. The molecule has 0 saturated heterocycles. The average Bonchev–Trinajstić information content (AvgIpc) is 2.20. The third kappa shape index (κ3) is 4.29. The van der Waals surface area contributed by atoms with E-state index in [-0.39, 0.29) is 5.69 Å². The molecule has 4 nitrogen and oxygen atoms in total. The molecule has 0 spiro atoms. The number of alkyl halides is 3. The van der Waals surface area contributed by atoms with Gasteiger partial charge in [-0.1, -0.05) is 0 Å². The molecule has 96 valence electrons. The van der Waals surface area contributed by atoms with Gasteiger partial charge in [0.05, 0.1) is 11.8 Å². The first-order valence-electron chi connectivity index (χ1n) is 4.54. The number of anilines is 1. The fourth-order valence-corrected chi connectivity index (χ4v) is 1.07. The summed E-state index contributed by atoms with van der Waals surface area (Å²) in [6, 6.07) is 3.76. The van der Waals surface area contributed by atoms with Gasteiger partial charge in [0.25, 0.3) is 0 Å². The predicted octanol–water partition coefficient (Wildman–Crippen LogP) is 2.58. The standard InChI is InChI=1S/C10H6F4N2O2/c11-6-1-2-7(16-9(17)3-4-15)8(5-6)18-10(12,13)14/h1-2,5H,3H2,(H,16,17). The fourth-order valence-electron chi connectivity index (χ4n) is 1.07. The molecule has 1 rings (SSSR count). The molecule has 18 heavy (non-hydrogen) atoms. The van der Waals surface area contributed by atoms with Crippen LogP contribution in [0.3, 0.4) is 0 Å². The molecule has 0 aromatic heterocycles. The summed E-state index contributed by atoms with van der Waals surface area (Å²) in [6.07, 6.45) is -5.55. The molecule has 0 fully saturated rings. The molecule has 0 aliphatic rings. The molecule has 8 heteroatoms. The highest BCUT2D eigenvalue weighted by Crippen LogP contribution is 2.31. The fraction of sp³-hybridized carbons (Fsp3) is 0.200. The van der Waals surface area contributed by atoms with Crippen molar-refractivity contribution in [1.29, 1.82) is 5.26 Å². The summed E-state index contributed by atoms with van der Waals surface area (Å²) >= 11 is 0. The number of nitrogens with one attached hydrogen (secondary N) is 1. The van der Waals surface area contributed by atoms with E-state index in [1.807, 2.05) is 5.32 Å². The maximum Gasteiger partial charge on any atom is 0.573 e. The molecule has 1 aromatic rings. The highest BCUT2D eigenvalue weighted by Gasteiger charge is 2.32. The predicted molar refractivity (Wildman–Crippen MR) is 51.9 cm³/mol. The summed E-state index contributed by atoms with van der Waals surface area (Å²) in [7, 11) is 0. The van der Waals surface area contributed by atoms with Gasteiger partial charge in [-0.25, -0.2) is 4.39 Å². The molecule has 0 saturated carbocycles. The third-order valence-electron chi connectivity index (χ3n) is 1.68. The Morgan fingerprint density at radius 2 is 2.11 bits per heavy atom. The van der Waals surface area contributed by atoms with E-state index < -0.39 is 30.3 Å². The molecule has 0 atom stereocenters. The topological polar surface area (TPSA) is 62.1 Å². The Labute approximate surface area is 98.8 Å². The summed E-state index contributed by atoms with van der Waals surface area (Å²) in [4.78, 5) is 11.1. The molecule has 1 amide bonds. The lowest BCUT2D eigenvalue weighted by molar-refractivity contribution is -0.274. The van der Waals surface area contributed by atoms with Crippen LogP contribution in [0.1, 0.15) is 6.42 Å². The lowest BCUT2D eigenvalue weighted by atomic mass is 10.2. The molecule has 0 aliphatic heterocycles. The van der Waals surface area contributed by atoms with Gasteiger partial charge in [0.15, 0.2) is 5.75 Å². The number of nitrogens with zero attached hydrogens (tertiary/aromatic N) is 1. The van der Waals surface area contributed by atoms with E-state index in [0.29, 0.717) is 6.07 Å². The second-order valence-corrected chi connectivity index (χ2v) is 3.07. The van der Waals surface area contributed by atoms with E-state index in [0.717, 1.165) is 12.1 Å². The minimum absolute atomic E-state index is 0.367. The number of benzene rings is 1. The Hall–Kier alpha value is -2.30. The van der Waals surface area contributed by atoms with Gasteiger partial charge in [-0.15, -0.1) is 13.2 Å². The van der Waals surface area contributed by atoms with Crippen LogP contribution >= 0.6 is 0 Å². The normalized spacial score (nSPS) is 10.6. The minimum Gasteiger partial charge on any atom is -0.403 e. The molecule has 0 bridgehead atoms. The molecule has 1 N–H and O–H groups in total. The van der Waals surface area contributed by atoms with Crippen LogP contribution in [0.15, 0.2) is 18.2 Å². The van der Waals surface area contributed by atoms with Crippen LogP contribution in [-0.2, 0) is 4.79 Å². The van der Waals surface area contributed by atoms with E-state index in [1.54, 1.807) is 0 Å². The van der Waals surface area contributed by atoms with Crippen LogP contribution in [0, 0.1) is 17.1 Å². The lowest BCUT2D eigenvalue weighted by Crippen LogP contribution is -2.19. The van der Waals surface area contributed by atoms with Crippen molar-refractivity contribution in [2.75, 3.05) is 5.32 Å². The minimum atomic E-state index is -5.01. The van der Waals surface area contributed by atoms with Gasteiger partial charge >= 0.3 is 6.36 Å². The van der Waals surface area contributed by atoms with Crippen LogP contribution in [0.4, 0.5) is 23.2 Å². The van der Waals surface area contributed by atoms with E-state index >= 15 is 0 Å². The van der Waals surface area contributed by atoms with Crippen LogP contribution < -0.4 is 10.1 Å². The van der Waals surface area contributed by atoms with Crippen molar-refractivity contribution >= 4 is 11.6 Å². The summed E-state index contributed by atoms with van der Waals surface area (Å²) in [6.45, 7) is 0. The summed E-state index contributed by atoms with van der Waals surface area (Å²) < 4.78 is 52.4. The zero-order chi connectivity index (χ0) is 13.8. The van der Waals surface area contributed by atoms with Crippen molar-refractivity contribution in [1.82, 2.24) is 0 Å². The molecular weight excluding hydrogens is 256 g/mol. The number of rotatable bonds is 3. The van der Waals surface area contributed by atoms with Crippen LogP contribution in [-0.4, -0.2) is 12.3 Å². The second kappa shape index (κ2) is 5.35. The van der Waals surface area contributed by atoms with Gasteiger partial charge in [-0.2, -0.15) is 5.26 Å².